The van der Waals surface area contributed by atoms with Gasteiger partial charge in [0.2, 0.25) is 0 Å². The van der Waals surface area contributed by atoms with E-state index in [1.807, 2.05) is 20.8 Å². The van der Waals surface area contributed by atoms with Crippen LogP contribution in [-0.4, -0.2) is 49.2 Å². The average molecular weight is 354 g/mol. The molecule has 0 aromatic heterocycles. The highest BCUT2D eigenvalue weighted by Crippen LogP contribution is 2.27. The number of rotatable bonds is 7. The summed E-state index contributed by atoms with van der Waals surface area (Å²) in [5, 5.41) is 9.42. The van der Waals surface area contributed by atoms with E-state index in [1.54, 1.807) is 7.05 Å². The molecular formula is C19H34N2O4. The van der Waals surface area contributed by atoms with Crippen molar-refractivity contribution >= 4 is 6.09 Å². The molecule has 1 amide bonds. The molecule has 1 aliphatic heterocycles. The van der Waals surface area contributed by atoms with Crippen molar-refractivity contribution in [2.24, 2.45) is 5.41 Å². The van der Waals surface area contributed by atoms with Crippen LogP contribution in [-0.2, 0) is 14.2 Å². The van der Waals surface area contributed by atoms with Gasteiger partial charge in [0.25, 0.3) is 0 Å². The third-order valence-electron chi connectivity index (χ3n) is 4.19. The highest BCUT2D eigenvalue weighted by molar-refractivity contribution is 5.68. The first-order valence-electron chi connectivity index (χ1n) is 9.13. The Labute approximate surface area is 152 Å². The Morgan fingerprint density at radius 3 is 2.52 bits per heavy atom. The van der Waals surface area contributed by atoms with Crippen LogP contribution in [0.25, 0.3) is 0 Å². The highest BCUT2D eigenvalue weighted by Gasteiger charge is 2.28. The van der Waals surface area contributed by atoms with Crippen molar-refractivity contribution in [2.45, 2.75) is 84.7 Å². The zero-order chi connectivity index (χ0) is 19.1. The minimum Gasteiger partial charge on any atom is -0.444 e. The van der Waals surface area contributed by atoms with Crippen LogP contribution in [0.1, 0.15) is 66.7 Å². The zero-order valence-corrected chi connectivity index (χ0v) is 16.6. The van der Waals surface area contributed by atoms with E-state index in [2.05, 4.69) is 19.9 Å². The fourth-order valence-electron chi connectivity index (χ4n) is 2.57. The molecule has 1 heterocycles. The summed E-state index contributed by atoms with van der Waals surface area (Å²) in [4.78, 5) is 13.5. The molecule has 0 N–H and O–H groups in total. The van der Waals surface area contributed by atoms with E-state index in [4.69, 9.17) is 14.2 Å². The molecule has 2 atom stereocenters. The maximum absolute atomic E-state index is 12.1. The van der Waals surface area contributed by atoms with Crippen LogP contribution < -0.4 is 0 Å². The third-order valence-corrected chi connectivity index (χ3v) is 4.19. The lowest BCUT2D eigenvalue weighted by Gasteiger charge is -2.31. The molecular weight excluding hydrogens is 320 g/mol. The van der Waals surface area contributed by atoms with Gasteiger partial charge in [-0.05, 0) is 58.3 Å². The van der Waals surface area contributed by atoms with Crippen LogP contribution in [0.2, 0.25) is 0 Å². The van der Waals surface area contributed by atoms with Crippen molar-refractivity contribution in [3.63, 3.8) is 0 Å². The van der Waals surface area contributed by atoms with Gasteiger partial charge in [-0.15, -0.1) is 0 Å². The maximum Gasteiger partial charge on any atom is 0.411 e. The van der Waals surface area contributed by atoms with Gasteiger partial charge < -0.3 is 14.2 Å². The highest BCUT2D eigenvalue weighted by atomic mass is 16.7. The van der Waals surface area contributed by atoms with Crippen LogP contribution in [0.15, 0.2) is 0 Å². The van der Waals surface area contributed by atoms with Crippen LogP contribution >= 0.6 is 0 Å². The Bertz CT molecular complexity index is 459. The van der Waals surface area contributed by atoms with Gasteiger partial charge in [0, 0.05) is 13.7 Å². The lowest BCUT2D eigenvalue weighted by atomic mass is 9.87. The molecule has 1 rings (SSSR count). The molecule has 2 unspecified atom stereocenters. The van der Waals surface area contributed by atoms with Gasteiger partial charge in [0.15, 0.2) is 6.29 Å². The lowest BCUT2D eigenvalue weighted by Crippen LogP contribution is -2.40. The summed E-state index contributed by atoms with van der Waals surface area (Å²) in [6.07, 6.45) is 3.96. The van der Waals surface area contributed by atoms with E-state index in [0.29, 0.717) is 13.0 Å². The first-order chi connectivity index (χ1) is 11.5. The summed E-state index contributed by atoms with van der Waals surface area (Å²) in [5.41, 5.74) is -0.664. The Morgan fingerprint density at radius 1 is 1.32 bits per heavy atom. The molecule has 1 fully saturated rings. The van der Waals surface area contributed by atoms with Crippen molar-refractivity contribution in [3.8, 4) is 6.07 Å². The molecule has 1 aliphatic rings. The Kier molecular flexibility index (Phi) is 8.17. The van der Waals surface area contributed by atoms with Crippen LogP contribution in [0.3, 0.4) is 0 Å². The number of hydrogen-bond acceptors (Lipinski definition) is 5. The molecule has 0 aromatic carbocycles. The number of nitriles is 1. The maximum atomic E-state index is 12.1. The van der Waals surface area contributed by atoms with Crippen molar-refractivity contribution in [3.05, 3.63) is 0 Å². The van der Waals surface area contributed by atoms with Crippen molar-refractivity contribution in [1.82, 2.24) is 4.90 Å². The van der Waals surface area contributed by atoms with E-state index in [1.165, 1.54) is 4.90 Å². The molecule has 0 radical (unpaired) electrons. The van der Waals surface area contributed by atoms with Crippen molar-refractivity contribution in [2.75, 3.05) is 20.3 Å². The predicted octanol–water partition coefficient (Wildman–Crippen LogP) is 4.10. The Morgan fingerprint density at radius 2 is 2.00 bits per heavy atom. The molecule has 6 heteroatoms. The summed E-state index contributed by atoms with van der Waals surface area (Å²) in [6, 6.07) is 1.69. The van der Waals surface area contributed by atoms with Gasteiger partial charge in [-0.2, -0.15) is 5.26 Å². The number of carbonyl (C=O) groups excluding carboxylic acids is 1. The van der Waals surface area contributed by atoms with Gasteiger partial charge in [-0.1, -0.05) is 13.8 Å². The van der Waals surface area contributed by atoms with Crippen molar-refractivity contribution in [1.29, 1.82) is 5.26 Å². The zero-order valence-electron chi connectivity index (χ0n) is 16.6. The smallest absolute Gasteiger partial charge is 0.411 e. The van der Waals surface area contributed by atoms with E-state index in [0.717, 1.165) is 32.3 Å². The average Bonchev–Trinajstić information content (AvgIpc) is 2.53. The van der Waals surface area contributed by atoms with Gasteiger partial charge in [0.05, 0.1) is 12.7 Å². The van der Waals surface area contributed by atoms with E-state index in [-0.39, 0.29) is 11.7 Å². The van der Waals surface area contributed by atoms with Crippen LogP contribution in [0.4, 0.5) is 4.79 Å². The van der Waals surface area contributed by atoms with Crippen LogP contribution in [0.5, 0.6) is 0 Å². The third kappa shape index (κ3) is 8.55. The van der Waals surface area contributed by atoms with E-state index in [9.17, 15) is 10.1 Å². The first kappa shape index (κ1) is 21.7. The number of carbonyl (C=O) groups is 1. The predicted molar refractivity (Wildman–Crippen MR) is 96.0 cm³/mol. The first-order valence-corrected chi connectivity index (χ1v) is 9.13. The second kappa shape index (κ2) is 9.40. The molecule has 1 saturated heterocycles. The molecule has 144 valence electrons. The number of nitrogens with zero attached hydrogens (tertiary/aromatic N) is 2. The lowest BCUT2D eigenvalue weighted by molar-refractivity contribution is -0.176. The fraction of sp³-hybridized carbons (Fsp3) is 0.895. The molecule has 0 saturated carbocycles. The molecule has 25 heavy (non-hydrogen) atoms. The molecule has 0 aromatic rings. The summed E-state index contributed by atoms with van der Waals surface area (Å²) in [6.45, 7) is 11.0. The fourth-order valence-corrected chi connectivity index (χ4v) is 2.57. The summed E-state index contributed by atoms with van der Waals surface area (Å²) >= 11 is 0. The Hall–Kier alpha value is -1.32. The summed E-state index contributed by atoms with van der Waals surface area (Å²) in [7, 11) is 1.61. The SMILES string of the molecule is CN(C(=O)OC(C)(C)C)C(C#N)CCC(C)(C)COC1CCCCO1. The second-order valence-corrected chi connectivity index (χ2v) is 8.55. The minimum absolute atomic E-state index is 0.0926. The number of ether oxygens (including phenoxy) is 3. The Balaban J connectivity index is 2.45. The van der Waals surface area contributed by atoms with E-state index < -0.39 is 17.7 Å². The molecule has 6 nitrogen and oxygen atoms in total. The number of amides is 1. The van der Waals surface area contributed by atoms with Gasteiger partial charge in [-0.3, -0.25) is 4.90 Å². The van der Waals surface area contributed by atoms with E-state index >= 15 is 0 Å². The summed E-state index contributed by atoms with van der Waals surface area (Å²) < 4.78 is 16.8. The van der Waals surface area contributed by atoms with Crippen LogP contribution in [0, 0.1) is 16.7 Å². The number of hydrogen-bond donors (Lipinski definition) is 0. The second-order valence-electron chi connectivity index (χ2n) is 8.55. The monoisotopic (exact) mass is 354 g/mol. The van der Waals surface area contributed by atoms with Gasteiger partial charge in [0.1, 0.15) is 11.6 Å². The topological polar surface area (TPSA) is 71.8 Å². The molecule has 0 bridgehead atoms. The minimum atomic E-state index is -0.571. The molecule has 0 aliphatic carbocycles. The summed E-state index contributed by atoms with van der Waals surface area (Å²) in [5.74, 6) is 0. The van der Waals surface area contributed by atoms with Crippen molar-refractivity contribution < 1.29 is 19.0 Å². The standard InChI is InChI=1S/C19H34N2O4/c1-18(2,3)25-17(22)21(6)15(13-20)10-11-19(4,5)14-24-16-9-7-8-12-23-16/h15-16H,7-12,14H2,1-6H3. The van der Waals surface area contributed by atoms with Gasteiger partial charge in [-0.25, -0.2) is 4.79 Å². The quantitative estimate of drug-likeness (QED) is 0.688. The molecule has 0 spiro atoms. The normalized spacial score (nSPS) is 19.8. The van der Waals surface area contributed by atoms with Gasteiger partial charge >= 0.3 is 6.09 Å². The largest absolute Gasteiger partial charge is 0.444 e.